The van der Waals surface area contributed by atoms with E-state index in [-0.39, 0.29) is 16.4 Å². The maximum absolute atomic E-state index is 13.0. The number of pyridine rings is 1. The van der Waals surface area contributed by atoms with E-state index in [1.165, 1.54) is 0 Å². The lowest BCUT2D eigenvalue weighted by Gasteiger charge is -2.06. The van der Waals surface area contributed by atoms with Crippen LogP contribution in [0.5, 0.6) is 0 Å². The van der Waals surface area contributed by atoms with Gasteiger partial charge in [-0.25, -0.2) is 4.98 Å². The third-order valence-electron chi connectivity index (χ3n) is 2.72. The van der Waals surface area contributed by atoms with E-state index in [4.69, 9.17) is 5.73 Å². The Labute approximate surface area is 120 Å². The smallest absolute Gasteiger partial charge is 0.375 e. The Hall–Kier alpha value is -2.42. The lowest BCUT2D eigenvalue weighted by Crippen LogP contribution is -2.07. The first-order valence-corrected chi connectivity index (χ1v) is 6.57. The van der Waals surface area contributed by atoms with Crippen LogP contribution in [0.1, 0.15) is 5.69 Å². The number of thiazole rings is 1. The average Bonchev–Trinajstić information content (AvgIpc) is 3.05. The van der Waals surface area contributed by atoms with Crippen LogP contribution in [0.15, 0.2) is 30.6 Å². The molecule has 0 saturated heterocycles. The fraction of sp³-hybridized carbons (Fsp3) is 0.0833. The van der Waals surface area contributed by atoms with Gasteiger partial charge in [-0.1, -0.05) is 17.4 Å². The molecular formula is C12H8F3N5S. The fourth-order valence-corrected chi connectivity index (χ4v) is 2.70. The van der Waals surface area contributed by atoms with Gasteiger partial charge < -0.3 is 5.73 Å². The lowest BCUT2D eigenvalue weighted by molar-refractivity contribution is -0.140. The van der Waals surface area contributed by atoms with Crippen molar-refractivity contribution >= 4 is 16.5 Å². The number of alkyl halides is 3. The molecule has 3 aromatic heterocycles. The molecular weight excluding hydrogens is 303 g/mol. The molecule has 0 spiro atoms. The van der Waals surface area contributed by atoms with Crippen LogP contribution < -0.4 is 5.73 Å². The van der Waals surface area contributed by atoms with Gasteiger partial charge in [0.25, 0.3) is 0 Å². The Balaban J connectivity index is 2.19. The fourth-order valence-electron chi connectivity index (χ4n) is 1.87. The molecule has 0 saturated carbocycles. The summed E-state index contributed by atoms with van der Waals surface area (Å²) >= 11 is 1.08. The van der Waals surface area contributed by atoms with Gasteiger partial charge in [-0.2, -0.15) is 18.3 Å². The van der Waals surface area contributed by atoms with E-state index in [0.29, 0.717) is 10.6 Å². The molecule has 0 unspecified atom stereocenters. The van der Waals surface area contributed by atoms with E-state index in [1.54, 1.807) is 24.4 Å². The molecule has 0 amide bonds. The number of halogens is 3. The molecule has 0 atom stereocenters. The zero-order chi connectivity index (χ0) is 15.0. The van der Waals surface area contributed by atoms with Crippen LogP contribution >= 0.6 is 11.3 Å². The monoisotopic (exact) mass is 311 g/mol. The number of aromatic nitrogens is 4. The number of aromatic amines is 1. The van der Waals surface area contributed by atoms with Gasteiger partial charge in [0.1, 0.15) is 5.69 Å². The van der Waals surface area contributed by atoms with E-state index < -0.39 is 11.9 Å². The maximum Gasteiger partial charge on any atom is 0.433 e. The van der Waals surface area contributed by atoms with Crippen molar-refractivity contribution in [2.24, 2.45) is 0 Å². The molecule has 3 rings (SSSR count). The molecule has 0 aliphatic rings. The highest BCUT2D eigenvalue weighted by atomic mass is 32.1. The van der Waals surface area contributed by atoms with Crippen molar-refractivity contribution in [3.8, 4) is 21.8 Å². The van der Waals surface area contributed by atoms with Gasteiger partial charge in [0.15, 0.2) is 5.13 Å². The average molecular weight is 311 g/mol. The van der Waals surface area contributed by atoms with Crippen LogP contribution in [0, 0.1) is 0 Å². The molecule has 108 valence electrons. The molecule has 0 fully saturated rings. The summed E-state index contributed by atoms with van der Waals surface area (Å²) in [6, 6.07) is 5.14. The van der Waals surface area contributed by atoms with Gasteiger partial charge in [-0.3, -0.25) is 10.1 Å². The van der Waals surface area contributed by atoms with Gasteiger partial charge >= 0.3 is 6.18 Å². The van der Waals surface area contributed by atoms with Gasteiger partial charge in [0, 0.05) is 6.20 Å². The van der Waals surface area contributed by atoms with E-state index in [1.807, 2.05) is 5.10 Å². The number of nitrogen functional groups attached to an aromatic ring is 1. The number of anilines is 1. The first kappa shape index (κ1) is 13.6. The quantitative estimate of drug-likeness (QED) is 0.761. The van der Waals surface area contributed by atoms with Gasteiger partial charge in [0.05, 0.1) is 28.0 Å². The highest BCUT2D eigenvalue weighted by Crippen LogP contribution is 2.41. The highest BCUT2D eigenvalue weighted by Gasteiger charge is 2.37. The minimum absolute atomic E-state index is 0.122. The molecule has 5 nitrogen and oxygen atoms in total. The van der Waals surface area contributed by atoms with E-state index in [2.05, 4.69) is 15.1 Å². The number of rotatable bonds is 2. The van der Waals surface area contributed by atoms with Crippen molar-refractivity contribution in [2.75, 3.05) is 5.73 Å². The molecule has 21 heavy (non-hydrogen) atoms. The summed E-state index contributed by atoms with van der Waals surface area (Å²) in [6.45, 7) is 0. The highest BCUT2D eigenvalue weighted by molar-refractivity contribution is 7.19. The Kier molecular flexibility index (Phi) is 3.13. The number of H-pyrrole nitrogens is 1. The molecule has 3 N–H and O–H groups in total. The molecule has 3 heterocycles. The normalized spacial score (nSPS) is 11.8. The third kappa shape index (κ3) is 2.47. The molecule has 0 aromatic carbocycles. The van der Waals surface area contributed by atoms with Crippen LogP contribution in [0.3, 0.4) is 0 Å². The third-order valence-corrected chi connectivity index (χ3v) is 3.63. The zero-order valence-corrected chi connectivity index (χ0v) is 11.2. The second kappa shape index (κ2) is 4.85. The molecule has 0 radical (unpaired) electrons. The van der Waals surface area contributed by atoms with Crippen molar-refractivity contribution in [1.29, 1.82) is 0 Å². The standard InChI is InChI=1S/C12H8F3N5S/c13-12(14,15)10-6(5-18-20-10)8-9(21-11(16)19-8)7-3-1-2-4-17-7/h1-5H,(H2,16,19)(H,18,20). The number of hydrogen-bond donors (Lipinski definition) is 2. The largest absolute Gasteiger partial charge is 0.433 e. The number of nitrogens with one attached hydrogen (secondary N) is 1. The first-order valence-electron chi connectivity index (χ1n) is 5.75. The number of hydrogen-bond acceptors (Lipinski definition) is 5. The molecule has 0 bridgehead atoms. The summed E-state index contributed by atoms with van der Waals surface area (Å²) in [5.41, 5.74) is 5.19. The van der Waals surface area contributed by atoms with Gasteiger partial charge in [0.2, 0.25) is 0 Å². The maximum atomic E-state index is 13.0. The van der Waals surface area contributed by atoms with Crippen LogP contribution in [0.4, 0.5) is 18.3 Å². The SMILES string of the molecule is Nc1nc(-c2cn[nH]c2C(F)(F)F)c(-c2ccccn2)s1. The molecule has 9 heteroatoms. The summed E-state index contributed by atoms with van der Waals surface area (Å²) in [6.07, 6.45) is -1.91. The van der Waals surface area contributed by atoms with E-state index >= 15 is 0 Å². The predicted octanol–water partition coefficient (Wildman–Crippen LogP) is 3.20. The topological polar surface area (TPSA) is 80.5 Å². The van der Waals surface area contributed by atoms with Crippen LogP contribution in [-0.2, 0) is 6.18 Å². The van der Waals surface area contributed by atoms with Crippen molar-refractivity contribution in [2.45, 2.75) is 6.18 Å². The van der Waals surface area contributed by atoms with Crippen LogP contribution in [-0.4, -0.2) is 20.2 Å². The summed E-state index contributed by atoms with van der Waals surface area (Å²) in [5, 5.41) is 5.59. The molecule has 0 aliphatic heterocycles. The minimum Gasteiger partial charge on any atom is -0.375 e. The Morgan fingerprint density at radius 1 is 1.24 bits per heavy atom. The minimum atomic E-state index is -4.55. The van der Waals surface area contributed by atoms with Crippen LogP contribution in [0.2, 0.25) is 0 Å². The lowest BCUT2D eigenvalue weighted by atomic mass is 10.1. The molecule has 3 aromatic rings. The Morgan fingerprint density at radius 3 is 2.71 bits per heavy atom. The number of nitrogens with zero attached hydrogens (tertiary/aromatic N) is 3. The van der Waals surface area contributed by atoms with Gasteiger partial charge in [-0.05, 0) is 12.1 Å². The first-order chi connectivity index (χ1) is 9.97. The summed E-state index contributed by atoms with van der Waals surface area (Å²) < 4.78 is 38.9. The van der Waals surface area contributed by atoms with Crippen molar-refractivity contribution in [1.82, 2.24) is 20.2 Å². The summed E-state index contributed by atoms with van der Waals surface area (Å²) in [5.74, 6) is 0. The Bertz CT molecular complexity index is 763. The second-order valence-corrected chi connectivity index (χ2v) is 5.13. The number of nitrogens with two attached hydrogens (primary N) is 1. The predicted molar refractivity (Wildman–Crippen MR) is 72.3 cm³/mol. The van der Waals surface area contributed by atoms with E-state index in [0.717, 1.165) is 17.5 Å². The second-order valence-electron chi connectivity index (χ2n) is 4.10. The van der Waals surface area contributed by atoms with Crippen LogP contribution in [0.25, 0.3) is 21.8 Å². The zero-order valence-electron chi connectivity index (χ0n) is 10.3. The van der Waals surface area contributed by atoms with Crippen molar-refractivity contribution < 1.29 is 13.2 Å². The summed E-state index contributed by atoms with van der Waals surface area (Å²) in [4.78, 5) is 8.60. The molecule has 0 aliphatic carbocycles. The van der Waals surface area contributed by atoms with E-state index in [9.17, 15) is 13.2 Å². The summed E-state index contributed by atoms with van der Waals surface area (Å²) in [7, 11) is 0. The van der Waals surface area contributed by atoms with Crippen molar-refractivity contribution in [3.63, 3.8) is 0 Å². The van der Waals surface area contributed by atoms with Crippen molar-refractivity contribution in [3.05, 3.63) is 36.3 Å². The Morgan fingerprint density at radius 2 is 2.05 bits per heavy atom. The van der Waals surface area contributed by atoms with Gasteiger partial charge in [-0.15, -0.1) is 0 Å².